The predicted molar refractivity (Wildman–Crippen MR) is 611 cm³/mol. The molecule has 0 fully saturated rings. The molecule has 9 nitrogen and oxygen atoms in total. The molecular formula is C136H101O9P3. The molecule has 0 saturated heterocycles. The van der Waals surface area contributed by atoms with E-state index in [0.29, 0.717) is 117 Å². The van der Waals surface area contributed by atoms with Gasteiger partial charge in [0.05, 0.1) is 31.8 Å². The molecule has 0 N–H and O–H groups in total. The van der Waals surface area contributed by atoms with Gasteiger partial charge >= 0.3 is 0 Å². The minimum Gasteiger partial charge on any atom is -0.455 e. The van der Waals surface area contributed by atoms with Crippen molar-refractivity contribution in [1.29, 1.82) is 0 Å². The van der Waals surface area contributed by atoms with Crippen LogP contribution in [0.15, 0.2) is 431 Å². The molecule has 0 aliphatic carbocycles. The zero-order valence-corrected chi connectivity index (χ0v) is 86.2. The molecule has 0 bridgehead atoms. The monoisotopic (exact) mass is 1970 g/mol. The fourth-order valence-electron chi connectivity index (χ4n) is 22.6. The van der Waals surface area contributed by atoms with Crippen LogP contribution < -0.4 is 76.2 Å². The molecule has 0 radical (unpaired) electrons. The minimum absolute atomic E-state index is 0.588. The minimum atomic E-state index is -3.54. The highest BCUT2D eigenvalue weighted by molar-refractivity contribution is 7.87. The van der Waals surface area contributed by atoms with Crippen LogP contribution in [0.1, 0.15) is 55.6 Å². The van der Waals surface area contributed by atoms with Crippen molar-refractivity contribution in [3.05, 3.63) is 486 Å². The molecule has 12 heteroatoms. The molecule has 148 heavy (non-hydrogen) atoms. The lowest BCUT2D eigenvalue weighted by Gasteiger charge is -2.37. The highest BCUT2D eigenvalue weighted by atomic mass is 31.2. The summed E-state index contributed by atoms with van der Waals surface area (Å²) in [6.07, 6.45) is 0. The van der Waals surface area contributed by atoms with Gasteiger partial charge < -0.3 is 42.1 Å². The maximum absolute atomic E-state index is 16.5. The van der Waals surface area contributed by atoms with Crippen molar-refractivity contribution in [2.75, 3.05) is 0 Å². The van der Waals surface area contributed by atoms with Gasteiger partial charge in [0, 0.05) is 33.4 Å². The summed E-state index contributed by atoms with van der Waals surface area (Å²) in [4.78, 5) is 0. The Kier molecular flexibility index (Phi) is 22.9. The van der Waals surface area contributed by atoms with E-state index in [9.17, 15) is 0 Å². The van der Waals surface area contributed by atoms with E-state index in [-0.39, 0.29) is 0 Å². The summed E-state index contributed by atoms with van der Waals surface area (Å²) >= 11 is 0. The van der Waals surface area contributed by atoms with Crippen molar-refractivity contribution >= 4 is 69.2 Å². The first-order chi connectivity index (χ1) is 72.1. The standard InChI is InChI=1S/C46H35O3P.2C45H33O3P/c1-28-13-5-9-17-34(28)32-21-23-42-40(25-32)48-44-38(36-19-11-7-15-30(36)3)27-39(37-20-12-8-16-31(37)4)45-46(44)50(42,47)43-24-22-33(26-41(43)49-45)35-18-10-6-14-29(35)2;1-28-13-7-10-18-34(28)32-21-23-41-39(25-32)47-43-37(31-16-5-4-6-17-31)27-38(36-20-12-9-15-30(36)3)44-45(43)49(41,46)42-24-22-33(26-40(42)48-44)35-19-11-8-14-29(35)2;1-28-13-7-10-18-34(28)33-22-24-42-40(26-33)48-44-38(36-20-12-9-15-30(36)3)27-37(35-19-11-8-14-29(35)2)43-45(44)49(42,46)41-23-21-32(25-39(41)47-43)31-16-5-4-6-17-31/h5-27H,1-4H3;2*4-27H,1-3H3. The van der Waals surface area contributed by atoms with E-state index in [1.54, 1.807) is 0 Å². The molecule has 0 spiro atoms. The maximum atomic E-state index is 16.5. The molecule has 21 aromatic carbocycles. The van der Waals surface area contributed by atoms with Gasteiger partial charge in [-0.15, -0.1) is 0 Å². The van der Waals surface area contributed by atoms with Gasteiger partial charge in [0.25, 0.3) is 0 Å². The lowest BCUT2D eigenvalue weighted by atomic mass is 9.92. The summed E-state index contributed by atoms with van der Waals surface area (Å²) in [6.45, 7) is 21.1. The Morgan fingerprint density at radius 1 is 0.135 bits per heavy atom. The molecule has 2 atom stereocenters. The average molecular weight is 1970 g/mol. The molecule has 2 unspecified atom stereocenters. The van der Waals surface area contributed by atoms with Crippen LogP contribution in [0.4, 0.5) is 0 Å². The van der Waals surface area contributed by atoms with Crippen LogP contribution in [0.3, 0.4) is 0 Å². The number of benzene rings is 21. The molecule has 6 heterocycles. The van der Waals surface area contributed by atoms with E-state index in [1.165, 1.54) is 27.8 Å². The van der Waals surface area contributed by atoms with Gasteiger partial charge in [-0.3, -0.25) is 0 Å². The van der Waals surface area contributed by atoms with Crippen molar-refractivity contribution < 1.29 is 42.1 Å². The Hall–Kier alpha value is -16.9. The first-order valence-electron chi connectivity index (χ1n) is 50.3. The third-order valence-corrected chi connectivity index (χ3v) is 39.7. The summed E-state index contributed by atoms with van der Waals surface area (Å²) in [7, 11) is -10.6. The van der Waals surface area contributed by atoms with Crippen LogP contribution >= 0.6 is 21.4 Å². The number of fused-ring (bicyclic) bond motifs is 12. The van der Waals surface area contributed by atoms with Gasteiger partial charge in [-0.05, 0) is 316 Å². The second-order valence-electron chi connectivity index (χ2n) is 39.4. The van der Waals surface area contributed by atoms with E-state index in [2.05, 4.69) is 324 Å². The second kappa shape index (κ2) is 36.7. The zero-order valence-electron chi connectivity index (χ0n) is 83.5. The Bertz CT molecular complexity index is 9110. The van der Waals surface area contributed by atoms with Crippen LogP contribution in [0, 0.1) is 69.2 Å². The van der Waals surface area contributed by atoms with E-state index in [0.717, 1.165) is 161 Å². The number of ether oxygens (including phenoxy) is 6. The van der Waals surface area contributed by atoms with Crippen molar-refractivity contribution in [1.82, 2.24) is 0 Å². The Morgan fingerprint density at radius 2 is 0.297 bits per heavy atom. The van der Waals surface area contributed by atoms with Crippen molar-refractivity contribution in [3.63, 3.8) is 0 Å². The summed E-state index contributed by atoms with van der Waals surface area (Å²) in [5, 5.41) is 6.01. The fourth-order valence-corrected chi connectivity index (χ4v) is 31.8. The quantitative estimate of drug-likeness (QED) is 0.111. The van der Waals surface area contributed by atoms with Gasteiger partial charge in [0.1, 0.15) is 84.9 Å². The van der Waals surface area contributed by atoms with Crippen molar-refractivity contribution in [3.8, 4) is 203 Å². The van der Waals surface area contributed by atoms with Gasteiger partial charge in [0.15, 0.2) is 21.4 Å². The van der Waals surface area contributed by atoms with E-state index < -0.39 is 21.4 Å². The molecule has 0 amide bonds. The van der Waals surface area contributed by atoms with E-state index in [4.69, 9.17) is 28.4 Å². The van der Waals surface area contributed by atoms with Gasteiger partial charge in [0.2, 0.25) is 0 Å². The van der Waals surface area contributed by atoms with E-state index >= 15 is 13.7 Å². The molecule has 714 valence electrons. The first kappa shape index (κ1) is 92.3. The Labute approximate surface area is 863 Å². The molecule has 0 saturated carbocycles. The molecule has 6 aliphatic rings. The molecule has 21 aromatic rings. The third-order valence-electron chi connectivity index (χ3n) is 30.3. The van der Waals surface area contributed by atoms with Gasteiger partial charge in [-0.2, -0.15) is 0 Å². The van der Waals surface area contributed by atoms with Crippen LogP contribution in [0.25, 0.3) is 134 Å². The summed E-state index contributed by atoms with van der Waals surface area (Å²) in [5.41, 5.74) is 35.7. The first-order valence-corrected chi connectivity index (χ1v) is 55.4. The average Bonchev–Trinajstić information content (AvgIpc) is 0.691. The van der Waals surface area contributed by atoms with Crippen molar-refractivity contribution in [2.45, 2.75) is 69.2 Å². The van der Waals surface area contributed by atoms with Crippen LogP contribution in [-0.4, -0.2) is 0 Å². The Balaban J connectivity index is 0.000000115. The fraction of sp³-hybridized carbons (Fsp3) is 0.0735. The summed E-state index contributed by atoms with van der Waals surface area (Å²) in [5.74, 6) is 7.23. The van der Waals surface area contributed by atoms with Crippen molar-refractivity contribution in [2.24, 2.45) is 0 Å². The Morgan fingerprint density at radius 3 is 0.507 bits per heavy atom. The van der Waals surface area contributed by atoms with Crippen LogP contribution in [0.5, 0.6) is 69.0 Å². The molecular weight excluding hydrogens is 1870 g/mol. The highest BCUT2D eigenvalue weighted by Gasteiger charge is 2.53. The van der Waals surface area contributed by atoms with E-state index in [1.807, 2.05) is 176 Å². The molecule has 0 aromatic heterocycles. The topological polar surface area (TPSA) is 107 Å². The number of rotatable bonds is 12. The smallest absolute Gasteiger partial charge is 0.185 e. The van der Waals surface area contributed by atoms with Crippen LogP contribution in [-0.2, 0) is 13.7 Å². The SMILES string of the molecule is Cc1ccccc1-c1ccc2c(c1)Oc1c(-c3ccccc3)cc(-c3ccccc3C)c3c1P2(=O)c1ccc(-c2ccccc2C)cc1O3.Cc1ccccc1-c1ccc2c(c1)Oc1c(-c3ccccc3C)cc(-c3ccccc3C)c3c1P2(=O)c1ccc(-c2ccccc2)cc1O3.Cc1ccccc1-c1ccc2c(c1)Oc1c(-c3ccccc3C)cc(-c3ccccc3C)c3c1P2(=O)c1ccc(-c2ccccc2C)cc1O3. The normalized spacial score (nSPS) is 14.7. The molecule has 27 rings (SSSR count). The number of aryl methyl sites for hydroxylation is 10. The summed E-state index contributed by atoms with van der Waals surface area (Å²) < 4.78 is 91.5. The maximum Gasteiger partial charge on any atom is 0.185 e. The van der Waals surface area contributed by atoms with Gasteiger partial charge in [-0.25, -0.2) is 0 Å². The lowest BCUT2D eigenvalue weighted by Crippen LogP contribution is -2.35. The largest absolute Gasteiger partial charge is 0.455 e. The highest BCUT2D eigenvalue weighted by Crippen LogP contribution is 2.68. The summed E-state index contributed by atoms with van der Waals surface area (Å²) in [6, 6.07) is 147. The number of hydrogen-bond acceptors (Lipinski definition) is 9. The van der Waals surface area contributed by atoms with Crippen LogP contribution in [0.2, 0.25) is 0 Å². The molecule has 6 aliphatic heterocycles. The second-order valence-corrected chi connectivity index (χ2v) is 47.2. The number of hydrogen-bond donors (Lipinski definition) is 0. The third kappa shape index (κ3) is 15.2. The zero-order chi connectivity index (χ0) is 101. The lowest BCUT2D eigenvalue weighted by molar-refractivity contribution is 0.463. The van der Waals surface area contributed by atoms with Gasteiger partial charge in [-0.1, -0.05) is 340 Å². The predicted octanol–water partition coefficient (Wildman–Crippen LogP) is 33.7.